The molecule has 1 N–H and O–H groups in total. The summed E-state index contributed by atoms with van der Waals surface area (Å²) in [6.07, 6.45) is 19.0. The first kappa shape index (κ1) is 26.3. The van der Waals surface area contributed by atoms with E-state index < -0.39 is 0 Å². The molecule has 0 spiro atoms. The Kier molecular flexibility index (Phi) is 10.9. The average Bonchev–Trinajstić information content (AvgIpc) is 3.34. The maximum absolute atomic E-state index is 3.66. The second-order valence-electron chi connectivity index (χ2n) is 10.2. The van der Waals surface area contributed by atoms with E-state index in [1.54, 1.807) is 0 Å². The SMILES string of the molecule is CCCCCCCCCCCC(c1[nH]cc[n+]1CC)C(C)(Cc1ccccc1)c1ccccc1. The first-order valence-corrected chi connectivity index (χ1v) is 13.8. The van der Waals surface area contributed by atoms with E-state index in [4.69, 9.17) is 0 Å². The Morgan fingerprint density at radius 3 is 1.97 bits per heavy atom. The molecule has 184 valence electrons. The number of nitrogens with one attached hydrogen (secondary N) is 1. The summed E-state index contributed by atoms with van der Waals surface area (Å²) in [4.78, 5) is 3.66. The van der Waals surface area contributed by atoms with Crippen molar-refractivity contribution in [2.24, 2.45) is 0 Å². The summed E-state index contributed by atoms with van der Waals surface area (Å²) < 4.78 is 2.42. The molecule has 2 nitrogen and oxygen atoms in total. The third kappa shape index (κ3) is 7.32. The van der Waals surface area contributed by atoms with E-state index in [2.05, 4.69) is 103 Å². The molecule has 2 atom stereocenters. The maximum Gasteiger partial charge on any atom is 0.258 e. The van der Waals surface area contributed by atoms with Gasteiger partial charge in [-0.25, -0.2) is 9.55 Å². The Bertz CT molecular complexity index is 914. The summed E-state index contributed by atoms with van der Waals surface area (Å²) in [6, 6.07) is 22.3. The minimum atomic E-state index is 0.0184. The predicted octanol–water partition coefficient (Wildman–Crippen LogP) is 8.53. The van der Waals surface area contributed by atoms with Gasteiger partial charge in [0.05, 0.1) is 12.5 Å². The number of benzene rings is 2. The van der Waals surface area contributed by atoms with Gasteiger partial charge >= 0.3 is 0 Å². The summed E-state index contributed by atoms with van der Waals surface area (Å²) in [5.41, 5.74) is 2.88. The second-order valence-corrected chi connectivity index (χ2v) is 10.2. The monoisotopic (exact) mass is 459 g/mol. The van der Waals surface area contributed by atoms with Crippen molar-refractivity contribution in [3.05, 3.63) is 90.0 Å². The van der Waals surface area contributed by atoms with Crippen LogP contribution in [0.5, 0.6) is 0 Å². The van der Waals surface area contributed by atoms with E-state index in [1.165, 1.54) is 81.2 Å². The maximum atomic E-state index is 3.66. The van der Waals surface area contributed by atoms with Crippen LogP contribution in [0.3, 0.4) is 0 Å². The summed E-state index contributed by atoms with van der Waals surface area (Å²) in [5, 5.41) is 0. The van der Waals surface area contributed by atoms with Crippen molar-refractivity contribution in [2.75, 3.05) is 0 Å². The first-order valence-electron chi connectivity index (χ1n) is 13.8. The van der Waals surface area contributed by atoms with Crippen LogP contribution >= 0.6 is 0 Å². The minimum absolute atomic E-state index is 0.0184. The quantitative estimate of drug-likeness (QED) is 0.164. The molecule has 0 saturated heterocycles. The number of aromatic amines is 1. The van der Waals surface area contributed by atoms with Gasteiger partial charge in [0.15, 0.2) is 0 Å². The first-order chi connectivity index (χ1) is 16.7. The molecule has 2 aromatic carbocycles. The lowest BCUT2D eigenvalue weighted by atomic mass is 9.66. The Morgan fingerprint density at radius 1 is 0.765 bits per heavy atom. The van der Waals surface area contributed by atoms with E-state index >= 15 is 0 Å². The molecular formula is C32H47N2+. The molecule has 0 saturated carbocycles. The van der Waals surface area contributed by atoms with E-state index in [0.717, 1.165) is 13.0 Å². The van der Waals surface area contributed by atoms with E-state index in [1.807, 2.05) is 0 Å². The number of hydrogen-bond donors (Lipinski definition) is 1. The lowest BCUT2D eigenvalue weighted by Gasteiger charge is -2.37. The molecule has 2 unspecified atom stereocenters. The van der Waals surface area contributed by atoms with Crippen LogP contribution in [-0.4, -0.2) is 4.98 Å². The van der Waals surface area contributed by atoms with Crippen molar-refractivity contribution in [1.82, 2.24) is 4.98 Å². The second kappa shape index (κ2) is 14.1. The number of H-pyrrole nitrogens is 1. The zero-order chi connectivity index (χ0) is 24.1. The Morgan fingerprint density at radius 2 is 1.35 bits per heavy atom. The molecule has 0 bridgehead atoms. The number of aryl methyl sites for hydroxylation is 1. The highest BCUT2D eigenvalue weighted by molar-refractivity contribution is 5.32. The smallest absolute Gasteiger partial charge is 0.247 e. The minimum Gasteiger partial charge on any atom is -0.247 e. The van der Waals surface area contributed by atoms with Crippen molar-refractivity contribution in [3.8, 4) is 0 Å². The van der Waals surface area contributed by atoms with Crippen LogP contribution in [0.15, 0.2) is 73.1 Å². The molecule has 3 aromatic rings. The van der Waals surface area contributed by atoms with Crippen LogP contribution in [0.4, 0.5) is 0 Å². The average molecular weight is 460 g/mol. The fraction of sp³-hybridized carbons (Fsp3) is 0.531. The molecule has 2 heteroatoms. The zero-order valence-corrected chi connectivity index (χ0v) is 21.9. The van der Waals surface area contributed by atoms with Crippen LogP contribution < -0.4 is 4.57 Å². The number of hydrogen-bond acceptors (Lipinski definition) is 0. The van der Waals surface area contributed by atoms with Crippen LogP contribution in [0.25, 0.3) is 0 Å². The zero-order valence-electron chi connectivity index (χ0n) is 21.9. The largest absolute Gasteiger partial charge is 0.258 e. The topological polar surface area (TPSA) is 19.7 Å². The van der Waals surface area contributed by atoms with Gasteiger partial charge in [0, 0.05) is 5.41 Å². The third-order valence-corrected chi connectivity index (χ3v) is 7.68. The molecular weight excluding hydrogens is 412 g/mol. The van der Waals surface area contributed by atoms with Crippen LogP contribution in [-0.2, 0) is 18.4 Å². The Balaban J connectivity index is 1.78. The molecule has 0 radical (unpaired) electrons. The lowest BCUT2D eigenvalue weighted by molar-refractivity contribution is -0.701. The van der Waals surface area contributed by atoms with E-state index in [9.17, 15) is 0 Å². The third-order valence-electron chi connectivity index (χ3n) is 7.68. The van der Waals surface area contributed by atoms with Gasteiger partial charge in [-0.2, -0.15) is 0 Å². The normalized spacial score (nSPS) is 14.1. The number of imidazole rings is 1. The van der Waals surface area contributed by atoms with Gasteiger partial charge in [0.25, 0.3) is 5.82 Å². The van der Waals surface area contributed by atoms with Crippen molar-refractivity contribution < 1.29 is 4.57 Å². The van der Waals surface area contributed by atoms with Crippen molar-refractivity contribution in [2.45, 2.75) is 109 Å². The van der Waals surface area contributed by atoms with Gasteiger partial charge in [-0.1, -0.05) is 132 Å². The highest BCUT2D eigenvalue weighted by Gasteiger charge is 2.41. The van der Waals surface area contributed by atoms with Crippen LogP contribution in [0.1, 0.15) is 108 Å². The molecule has 0 amide bonds. The summed E-state index contributed by atoms with van der Waals surface area (Å²) in [5.74, 6) is 1.82. The van der Waals surface area contributed by atoms with Crippen LogP contribution in [0.2, 0.25) is 0 Å². The molecule has 1 heterocycles. The number of unbranched alkanes of at least 4 members (excludes halogenated alkanes) is 8. The fourth-order valence-electron chi connectivity index (χ4n) is 5.63. The van der Waals surface area contributed by atoms with Gasteiger partial charge < -0.3 is 0 Å². The highest BCUT2D eigenvalue weighted by Crippen LogP contribution is 2.43. The van der Waals surface area contributed by atoms with Gasteiger partial charge in [-0.15, -0.1) is 0 Å². The van der Waals surface area contributed by atoms with E-state index in [0.29, 0.717) is 5.92 Å². The molecule has 0 aliphatic heterocycles. The summed E-state index contributed by atoms with van der Waals surface area (Å²) >= 11 is 0. The standard InChI is InChI=1S/C32H46N2/c1-4-6-7-8-9-10-11-12-19-24-30(31-33-25-26-34(31)5-2)32(3,29-22-17-14-18-23-29)27-28-20-15-13-16-21-28/h13-18,20-23,25-26,30H,4-12,19,24,27H2,1-3H3/p+1. The highest BCUT2D eigenvalue weighted by atomic mass is 15.1. The van der Waals surface area contributed by atoms with Crippen LogP contribution in [0, 0.1) is 0 Å². The summed E-state index contributed by atoms with van der Waals surface area (Å²) in [7, 11) is 0. The van der Waals surface area contributed by atoms with Gasteiger partial charge in [0.1, 0.15) is 12.4 Å². The molecule has 1 aromatic heterocycles. The van der Waals surface area contributed by atoms with Gasteiger partial charge in [0.2, 0.25) is 0 Å². The number of aromatic nitrogens is 2. The van der Waals surface area contributed by atoms with Crippen molar-refractivity contribution >= 4 is 0 Å². The molecule has 0 fully saturated rings. The molecule has 0 aliphatic rings. The predicted molar refractivity (Wildman–Crippen MR) is 145 cm³/mol. The fourth-order valence-corrected chi connectivity index (χ4v) is 5.63. The number of nitrogens with zero attached hydrogens (tertiary/aromatic N) is 1. The summed E-state index contributed by atoms with van der Waals surface area (Å²) in [6.45, 7) is 8.05. The molecule has 3 rings (SSSR count). The van der Waals surface area contributed by atoms with Crippen molar-refractivity contribution in [3.63, 3.8) is 0 Å². The Labute approximate surface area is 208 Å². The number of rotatable bonds is 16. The molecule has 34 heavy (non-hydrogen) atoms. The molecule has 0 aliphatic carbocycles. The lowest BCUT2D eigenvalue weighted by Crippen LogP contribution is -2.43. The van der Waals surface area contributed by atoms with Gasteiger partial charge in [-0.3, -0.25) is 0 Å². The Hall–Kier alpha value is -2.35. The van der Waals surface area contributed by atoms with Crippen molar-refractivity contribution in [1.29, 1.82) is 0 Å². The van der Waals surface area contributed by atoms with Gasteiger partial charge in [-0.05, 0) is 30.9 Å². The van der Waals surface area contributed by atoms with E-state index in [-0.39, 0.29) is 5.41 Å².